The molecule has 0 saturated heterocycles. The van der Waals surface area contributed by atoms with Gasteiger partial charge in [-0.2, -0.15) is 4.73 Å². The molecule has 0 saturated carbocycles. The molecular formula is C17H17N3O5. The van der Waals surface area contributed by atoms with Gasteiger partial charge in [-0.3, -0.25) is 10.1 Å². The van der Waals surface area contributed by atoms with Crippen LogP contribution in [0.1, 0.15) is 29.1 Å². The number of hydrogen-bond acceptors (Lipinski definition) is 5. The average Bonchev–Trinajstić information content (AvgIpc) is 2.60. The predicted molar refractivity (Wildman–Crippen MR) is 87.2 cm³/mol. The summed E-state index contributed by atoms with van der Waals surface area (Å²) in [5.74, 6) is -1.80. The quantitative estimate of drug-likeness (QED) is 0.479. The van der Waals surface area contributed by atoms with Gasteiger partial charge in [0.05, 0.1) is 0 Å². The monoisotopic (exact) mass is 343 g/mol. The summed E-state index contributed by atoms with van der Waals surface area (Å²) < 4.78 is 5.53. The number of nitrogens with zero attached hydrogens (tertiary/aromatic N) is 1. The molecule has 0 aliphatic heterocycles. The first-order valence-corrected chi connectivity index (χ1v) is 7.55. The normalized spacial score (nSPS) is 11.2. The number of urea groups is 1. The van der Waals surface area contributed by atoms with Crippen LogP contribution in [0.3, 0.4) is 0 Å². The molecule has 25 heavy (non-hydrogen) atoms. The van der Waals surface area contributed by atoms with E-state index >= 15 is 0 Å². The standard InChI is InChI=1S/C17H17N3O5/c1-2-18-17(23)19-15(21)14(12-8-4-3-5-9-12)25-16(22)13-10-6-7-11-20(13)24/h3-11,14H,2H2,1H3,(H2,18,19,21,23)/t14-/m0/s1. The smallest absolute Gasteiger partial charge is 0.406 e. The Hall–Kier alpha value is -3.42. The lowest BCUT2D eigenvalue weighted by Crippen LogP contribution is -2.43. The molecule has 0 radical (unpaired) electrons. The van der Waals surface area contributed by atoms with Crippen molar-refractivity contribution in [3.05, 3.63) is 71.2 Å². The number of imide groups is 1. The summed E-state index contributed by atoms with van der Waals surface area (Å²) in [6.45, 7) is 2.02. The Bertz CT molecular complexity index is 764. The van der Waals surface area contributed by atoms with Crippen LogP contribution in [0.15, 0.2) is 54.7 Å². The van der Waals surface area contributed by atoms with Crippen LogP contribution in [0.25, 0.3) is 0 Å². The maximum absolute atomic E-state index is 12.3. The summed E-state index contributed by atoms with van der Waals surface area (Å²) in [4.78, 5) is 36.1. The molecule has 0 unspecified atom stereocenters. The third kappa shape index (κ3) is 4.77. The zero-order chi connectivity index (χ0) is 18.2. The van der Waals surface area contributed by atoms with Crippen LogP contribution in [0.2, 0.25) is 0 Å². The van der Waals surface area contributed by atoms with E-state index in [4.69, 9.17) is 4.74 Å². The van der Waals surface area contributed by atoms with E-state index < -0.39 is 24.0 Å². The summed E-state index contributed by atoms with van der Waals surface area (Å²) in [5.41, 5.74) is 0.0975. The van der Waals surface area contributed by atoms with Crippen molar-refractivity contribution >= 4 is 17.9 Å². The van der Waals surface area contributed by atoms with Gasteiger partial charge in [0.25, 0.3) is 5.91 Å². The van der Waals surface area contributed by atoms with Crippen LogP contribution < -0.4 is 15.4 Å². The fourth-order valence-electron chi connectivity index (χ4n) is 2.04. The third-order valence-electron chi connectivity index (χ3n) is 3.17. The molecule has 0 aliphatic carbocycles. The molecule has 0 spiro atoms. The van der Waals surface area contributed by atoms with Crippen molar-refractivity contribution in [2.24, 2.45) is 0 Å². The highest BCUT2D eigenvalue weighted by Crippen LogP contribution is 2.19. The molecule has 1 aromatic carbocycles. The molecule has 8 heteroatoms. The van der Waals surface area contributed by atoms with Crippen molar-refractivity contribution in [2.75, 3.05) is 6.54 Å². The number of carbonyl (C=O) groups is 3. The molecule has 1 aromatic heterocycles. The Balaban J connectivity index is 2.23. The van der Waals surface area contributed by atoms with Crippen molar-refractivity contribution < 1.29 is 23.9 Å². The second-order valence-corrected chi connectivity index (χ2v) is 4.96. The van der Waals surface area contributed by atoms with Crippen molar-refractivity contribution in [3.63, 3.8) is 0 Å². The van der Waals surface area contributed by atoms with Crippen LogP contribution in [0.5, 0.6) is 0 Å². The van der Waals surface area contributed by atoms with Gasteiger partial charge in [0.2, 0.25) is 6.10 Å². The van der Waals surface area contributed by atoms with Gasteiger partial charge >= 0.3 is 17.7 Å². The molecule has 2 N–H and O–H groups in total. The Labute approximate surface area is 144 Å². The van der Waals surface area contributed by atoms with Gasteiger partial charge in [-0.05, 0) is 13.0 Å². The van der Waals surface area contributed by atoms with E-state index in [1.807, 2.05) is 0 Å². The summed E-state index contributed by atoms with van der Waals surface area (Å²) >= 11 is 0. The van der Waals surface area contributed by atoms with E-state index in [-0.39, 0.29) is 5.69 Å². The minimum atomic E-state index is -1.38. The number of esters is 1. The van der Waals surface area contributed by atoms with Crippen molar-refractivity contribution in [3.8, 4) is 0 Å². The molecule has 1 atom stereocenters. The average molecular weight is 343 g/mol. The summed E-state index contributed by atoms with van der Waals surface area (Å²) in [5, 5.41) is 16.2. The highest BCUT2D eigenvalue weighted by molar-refractivity contribution is 5.98. The second kappa shape index (κ2) is 8.44. The number of amides is 3. The molecule has 2 rings (SSSR count). The Morgan fingerprint density at radius 2 is 1.80 bits per heavy atom. The molecule has 0 aliphatic rings. The van der Waals surface area contributed by atoms with Crippen LogP contribution in [-0.2, 0) is 9.53 Å². The number of hydrogen-bond donors (Lipinski definition) is 2. The predicted octanol–water partition coefficient (Wildman–Crippen LogP) is 1.06. The number of aromatic nitrogens is 1. The number of benzene rings is 1. The van der Waals surface area contributed by atoms with E-state index in [2.05, 4.69) is 10.6 Å². The molecular weight excluding hydrogens is 326 g/mol. The van der Waals surface area contributed by atoms with Gasteiger partial charge in [-0.25, -0.2) is 9.59 Å². The fourth-order valence-corrected chi connectivity index (χ4v) is 2.04. The lowest BCUT2D eigenvalue weighted by atomic mass is 10.1. The van der Waals surface area contributed by atoms with Crippen molar-refractivity contribution in [2.45, 2.75) is 13.0 Å². The maximum Gasteiger partial charge on any atom is 0.406 e. The van der Waals surface area contributed by atoms with Crippen LogP contribution in [0, 0.1) is 5.21 Å². The largest absolute Gasteiger partial charge is 0.618 e. The molecule has 0 bridgehead atoms. The van der Waals surface area contributed by atoms with Gasteiger partial charge in [-0.15, -0.1) is 0 Å². The number of ether oxygens (including phenoxy) is 1. The van der Waals surface area contributed by atoms with E-state index in [0.29, 0.717) is 16.8 Å². The molecule has 3 amide bonds. The van der Waals surface area contributed by atoms with Gasteiger partial charge in [0.1, 0.15) is 0 Å². The second-order valence-electron chi connectivity index (χ2n) is 4.96. The van der Waals surface area contributed by atoms with E-state index in [1.165, 1.54) is 18.2 Å². The summed E-state index contributed by atoms with van der Waals surface area (Å²) in [6.07, 6.45) is -0.236. The van der Waals surface area contributed by atoms with Crippen LogP contribution in [-0.4, -0.2) is 24.5 Å². The number of pyridine rings is 1. The third-order valence-corrected chi connectivity index (χ3v) is 3.17. The first-order valence-electron chi connectivity index (χ1n) is 7.55. The topological polar surface area (TPSA) is 111 Å². The van der Waals surface area contributed by atoms with Gasteiger partial charge in [-0.1, -0.05) is 30.3 Å². The number of nitrogens with one attached hydrogen (secondary N) is 2. The number of carbonyl (C=O) groups excluding carboxylic acids is 3. The summed E-state index contributed by atoms with van der Waals surface area (Å²) in [6, 6.07) is 11.7. The van der Waals surface area contributed by atoms with E-state index in [1.54, 1.807) is 37.3 Å². The Kier molecular flexibility index (Phi) is 6.05. The first-order chi connectivity index (χ1) is 12.0. The Morgan fingerprint density at radius 1 is 1.12 bits per heavy atom. The van der Waals surface area contributed by atoms with E-state index in [9.17, 15) is 19.6 Å². The minimum Gasteiger partial charge on any atom is -0.618 e. The van der Waals surface area contributed by atoms with Gasteiger partial charge in [0.15, 0.2) is 6.20 Å². The highest BCUT2D eigenvalue weighted by atomic mass is 16.6. The molecule has 8 nitrogen and oxygen atoms in total. The Morgan fingerprint density at radius 3 is 2.44 bits per heavy atom. The molecule has 1 heterocycles. The van der Waals surface area contributed by atoms with Crippen LogP contribution >= 0.6 is 0 Å². The number of rotatable bonds is 5. The van der Waals surface area contributed by atoms with Crippen molar-refractivity contribution in [1.29, 1.82) is 0 Å². The fraction of sp³-hybridized carbons (Fsp3) is 0.176. The maximum atomic E-state index is 12.3. The van der Waals surface area contributed by atoms with Gasteiger partial charge in [0, 0.05) is 24.2 Å². The SMILES string of the molecule is CCNC(=O)NC(=O)[C@@H](OC(=O)c1cccc[n+]1[O-])c1ccccc1. The zero-order valence-electron chi connectivity index (χ0n) is 13.5. The first kappa shape index (κ1) is 17.9. The lowest BCUT2D eigenvalue weighted by Gasteiger charge is -2.17. The molecule has 2 aromatic rings. The lowest BCUT2D eigenvalue weighted by molar-refractivity contribution is -0.608. The highest BCUT2D eigenvalue weighted by Gasteiger charge is 2.29. The van der Waals surface area contributed by atoms with Gasteiger partial charge < -0.3 is 15.3 Å². The van der Waals surface area contributed by atoms with Crippen LogP contribution in [0.4, 0.5) is 4.79 Å². The molecule has 0 fully saturated rings. The molecule has 130 valence electrons. The van der Waals surface area contributed by atoms with Crippen molar-refractivity contribution in [1.82, 2.24) is 10.6 Å². The minimum absolute atomic E-state index is 0.269. The van der Waals surface area contributed by atoms with E-state index in [0.717, 1.165) is 6.20 Å². The summed E-state index contributed by atoms with van der Waals surface area (Å²) in [7, 11) is 0. The zero-order valence-corrected chi connectivity index (χ0v) is 13.5.